The fourth-order valence-electron chi connectivity index (χ4n) is 3.54. The zero-order chi connectivity index (χ0) is 19.9. The number of nitrogens with zero attached hydrogens (tertiary/aromatic N) is 2. The van der Waals surface area contributed by atoms with Gasteiger partial charge in [-0.2, -0.15) is 0 Å². The predicted octanol–water partition coefficient (Wildman–Crippen LogP) is 2.67. The molecular formula is C20H30ClN3O4. The van der Waals surface area contributed by atoms with Crippen LogP contribution in [0.4, 0.5) is 0 Å². The molecule has 0 saturated carbocycles. The van der Waals surface area contributed by atoms with Crippen LogP contribution in [0.25, 0.3) is 0 Å². The number of carbonyl (C=O) groups is 1. The molecule has 2 fully saturated rings. The van der Waals surface area contributed by atoms with Crippen LogP contribution >= 0.6 is 11.6 Å². The van der Waals surface area contributed by atoms with Crippen molar-refractivity contribution in [2.75, 3.05) is 39.5 Å². The number of rotatable bonds is 7. The van der Waals surface area contributed by atoms with E-state index in [4.69, 9.17) is 31.7 Å². The van der Waals surface area contributed by atoms with E-state index in [1.807, 2.05) is 6.92 Å². The molecule has 1 aromatic rings. The van der Waals surface area contributed by atoms with Gasteiger partial charge in [0.1, 0.15) is 5.75 Å². The molecule has 2 heterocycles. The first-order chi connectivity index (χ1) is 13.6. The summed E-state index contributed by atoms with van der Waals surface area (Å²) in [4.78, 5) is 15.3. The van der Waals surface area contributed by atoms with Crippen LogP contribution in [-0.2, 0) is 9.47 Å². The Morgan fingerprint density at radius 2 is 2.04 bits per heavy atom. The molecule has 0 unspecified atom stereocenters. The minimum absolute atomic E-state index is 0.00774. The van der Waals surface area contributed by atoms with Crippen molar-refractivity contribution in [1.29, 1.82) is 0 Å². The molecule has 0 atom stereocenters. The number of amides is 1. The molecule has 2 aliphatic heterocycles. The molecule has 1 aromatic carbocycles. The molecule has 1 amide bonds. The Labute approximate surface area is 171 Å². The molecular weight excluding hydrogens is 382 g/mol. The Balaban J connectivity index is 1.55. The summed E-state index contributed by atoms with van der Waals surface area (Å²) >= 11 is 6.06. The molecule has 7 nitrogen and oxygen atoms in total. The van der Waals surface area contributed by atoms with Crippen molar-refractivity contribution in [3.8, 4) is 5.75 Å². The molecule has 2 aliphatic rings. The average molecular weight is 412 g/mol. The number of ether oxygens (including phenoxy) is 3. The van der Waals surface area contributed by atoms with Crippen LogP contribution < -0.4 is 10.6 Å². The molecule has 0 radical (unpaired) electrons. The zero-order valence-electron chi connectivity index (χ0n) is 16.4. The van der Waals surface area contributed by atoms with Crippen LogP contribution in [0, 0.1) is 0 Å². The Hall–Kier alpha value is -1.38. The number of hydrogen-bond acceptors (Lipinski definition) is 6. The normalized spacial score (nSPS) is 19.5. The van der Waals surface area contributed by atoms with Gasteiger partial charge in [-0.15, -0.1) is 0 Å². The van der Waals surface area contributed by atoms with Crippen molar-refractivity contribution in [2.45, 2.75) is 44.9 Å². The highest BCUT2D eigenvalue weighted by molar-refractivity contribution is 6.30. The molecule has 3 rings (SSSR count). The van der Waals surface area contributed by atoms with E-state index in [0.29, 0.717) is 22.9 Å². The van der Waals surface area contributed by atoms with Crippen molar-refractivity contribution in [1.82, 2.24) is 9.91 Å². The van der Waals surface area contributed by atoms with Crippen molar-refractivity contribution in [3.05, 3.63) is 28.8 Å². The molecule has 28 heavy (non-hydrogen) atoms. The van der Waals surface area contributed by atoms with Gasteiger partial charge in [0, 0.05) is 24.7 Å². The second kappa shape index (κ2) is 10.4. The van der Waals surface area contributed by atoms with Crippen LogP contribution in [0.5, 0.6) is 5.75 Å². The van der Waals surface area contributed by atoms with Gasteiger partial charge in [-0.05, 0) is 43.9 Å². The van der Waals surface area contributed by atoms with Crippen molar-refractivity contribution in [3.63, 3.8) is 0 Å². The monoisotopic (exact) mass is 411 g/mol. The van der Waals surface area contributed by atoms with Gasteiger partial charge >= 0.3 is 0 Å². The lowest BCUT2D eigenvalue weighted by Crippen LogP contribution is -2.52. The van der Waals surface area contributed by atoms with E-state index in [1.165, 1.54) is 5.01 Å². The quantitative estimate of drug-likeness (QED) is 0.422. The lowest BCUT2D eigenvalue weighted by molar-refractivity contribution is -0.187. The largest absolute Gasteiger partial charge is 0.493 e. The van der Waals surface area contributed by atoms with E-state index in [1.54, 1.807) is 18.2 Å². The van der Waals surface area contributed by atoms with E-state index >= 15 is 0 Å². The Bertz CT molecular complexity index is 646. The first kappa shape index (κ1) is 21.3. The van der Waals surface area contributed by atoms with Gasteiger partial charge in [-0.1, -0.05) is 18.5 Å². The highest BCUT2D eigenvalue weighted by Gasteiger charge is 2.29. The van der Waals surface area contributed by atoms with Gasteiger partial charge in [-0.3, -0.25) is 14.7 Å². The minimum Gasteiger partial charge on any atom is -0.493 e. The van der Waals surface area contributed by atoms with E-state index in [-0.39, 0.29) is 18.2 Å². The fourth-order valence-corrected chi connectivity index (χ4v) is 3.70. The van der Waals surface area contributed by atoms with Crippen LogP contribution in [-0.4, -0.2) is 67.6 Å². The maximum atomic E-state index is 13.0. The van der Waals surface area contributed by atoms with Gasteiger partial charge in [-0.25, -0.2) is 5.84 Å². The van der Waals surface area contributed by atoms with Gasteiger partial charge in [0.25, 0.3) is 5.91 Å². The number of likely N-dealkylation sites (tertiary alicyclic amines) is 1. The standard InChI is InChI=1S/C20H30ClN3O4/c1-2-10-26-18-13-15(21)4-5-17(18)20(25)24(22)16-6-8-23(9-7-16)14-19-27-11-3-12-28-19/h4-5,13,16,19H,2-3,6-12,14,22H2,1H3. The molecule has 0 aromatic heterocycles. The number of piperidine rings is 1. The van der Waals surface area contributed by atoms with E-state index in [0.717, 1.165) is 58.5 Å². The van der Waals surface area contributed by atoms with E-state index in [2.05, 4.69) is 4.90 Å². The van der Waals surface area contributed by atoms with Gasteiger partial charge in [0.2, 0.25) is 0 Å². The smallest absolute Gasteiger partial charge is 0.271 e. The second-order valence-electron chi connectivity index (χ2n) is 7.26. The average Bonchev–Trinajstić information content (AvgIpc) is 2.72. The third-order valence-corrected chi connectivity index (χ3v) is 5.36. The number of benzene rings is 1. The zero-order valence-corrected chi connectivity index (χ0v) is 17.2. The SMILES string of the molecule is CCCOc1cc(Cl)ccc1C(=O)N(N)C1CCN(CC2OCCCO2)CC1. The third kappa shape index (κ3) is 5.58. The van der Waals surface area contributed by atoms with Gasteiger partial charge in [0.05, 0.1) is 31.4 Å². The molecule has 156 valence electrons. The molecule has 0 bridgehead atoms. The number of hydrazine groups is 1. The summed E-state index contributed by atoms with van der Waals surface area (Å²) in [6, 6.07) is 5.04. The summed E-state index contributed by atoms with van der Waals surface area (Å²) in [5, 5.41) is 1.89. The molecule has 8 heteroatoms. The van der Waals surface area contributed by atoms with Crippen molar-refractivity contribution < 1.29 is 19.0 Å². The van der Waals surface area contributed by atoms with E-state index < -0.39 is 0 Å². The predicted molar refractivity (Wildman–Crippen MR) is 107 cm³/mol. The minimum atomic E-state index is -0.236. The number of carbonyl (C=O) groups excluding carboxylic acids is 1. The summed E-state index contributed by atoms with van der Waals surface area (Å²) in [7, 11) is 0. The maximum Gasteiger partial charge on any atom is 0.271 e. The highest BCUT2D eigenvalue weighted by Crippen LogP contribution is 2.26. The molecule has 0 spiro atoms. The fraction of sp³-hybridized carbons (Fsp3) is 0.650. The molecule has 2 saturated heterocycles. The summed E-state index contributed by atoms with van der Waals surface area (Å²) in [5.74, 6) is 6.47. The van der Waals surface area contributed by atoms with Crippen LogP contribution in [0.2, 0.25) is 5.02 Å². The van der Waals surface area contributed by atoms with Crippen molar-refractivity contribution in [2.24, 2.45) is 5.84 Å². The Morgan fingerprint density at radius 3 is 2.71 bits per heavy atom. The maximum absolute atomic E-state index is 13.0. The molecule has 0 aliphatic carbocycles. The second-order valence-corrected chi connectivity index (χ2v) is 7.69. The van der Waals surface area contributed by atoms with Crippen LogP contribution in [0.3, 0.4) is 0 Å². The third-order valence-electron chi connectivity index (χ3n) is 5.12. The number of hydrogen-bond donors (Lipinski definition) is 1. The molecule has 2 N–H and O–H groups in total. The summed E-state index contributed by atoms with van der Waals surface area (Å²) in [5.41, 5.74) is 0.451. The topological polar surface area (TPSA) is 77.3 Å². The lowest BCUT2D eigenvalue weighted by atomic mass is 10.0. The first-order valence-electron chi connectivity index (χ1n) is 10.0. The van der Waals surface area contributed by atoms with Gasteiger partial charge < -0.3 is 14.2 Å². The van der Waals surface area contributed by atoms with Gasteiger partial charge in [0.15, 0.2) is 6.29 Å². The summed E-state index contributed by atoms with van der Waals surface area (Å²) in [6.45, 7) is 6.53. The first-order valence-corrected chi connectivity index (χ1v) is 10.4. The van der Waals surface area contributed by atoms with Crippen molar-refractivity contribution >= 4 is 17.5 Å². The summed E-state index contributed by atoms with van der Waals surface area (Å²) < 4.78 is 17.0. The lowest BCUT2D eigenvalue weighted by Gasteiger charge is -2.38. The number of nitrogens with two attached hydrogens (primary N) is 1. The van der Waals surface area contributed by atoms with Crippen LogP contribution in [0.15, 0.2) is 18.2 Å². The van der Waals surface area contributed by atoms with E-state index in [9.17, 15) is 4.79 Å². The Morgan fingerprint density at radius 1 is 1.32 bits per heavy atom. The Kier molecular flexibility index (Phi) is 7.93. The van der Waals surface area contributed by atoms with Crippen LogP contribution in [0.1, 0.15) is 43.0 Å². The highest BCUT2D eigenvalue weighted by atomic mass is 35.5. The number of halogens is 1. The summed E-state index contributed by atoms with van der Waals surface area (Å²) in [6.07, 6.45) is 3.28.